The summed E-state index contributed by atoms with van der Waals surface area (Å²) in [7, 11) is 0. The van der Waals surface area contributed by atoms with E-state index in [1.807, 2.05) is 0 Å². The molecule has 3 rings (SSSR count). The summed E-state index contributed by atoms with van der Waals surface area (Å²) < 4.78 is 0. The van der Waals surface area contributed by atoms with Crippen LogP contribution >= 0.6 is 0 Å². The zero-order valence-corrected chi connectivity index (χ0v) is 11.8. The molecule has 1 saturated carbocycles. The molecule has 0 unspecified atom stereocenters. The quantitative estimate of drug-likeness (QED) is 0.871. The van der Waals surface area contributed by atoms with Gasteiger partial charge in [-0.25, -0.2) is 0 Å². The molecule has 0 amide bonds. The summed E-state index contributed by atoms with van der Waals surface area (Å²) >= 11 is 0. The van der Waals surface area contributed by atoms with Crippen LogP contribution < -0.4 is 11.1 Å². The van der Waals surface area contributed by atoms with Gasteiger partial charge in [-0.1, -0.05) is 6.07 Å². The first-order valence-electron chi connectivity index (χ1n) is 7.92. The molecule has 2 nitrogen and oxygen atoms in total. The molecule has 0 aliphatic heterocycles. The zero-order chi connectivity index (χ0) is 13.1. The molecule has 0 saturated heterocycles. The largest absolute Gasteiger partial charge is 0.385 e. The number of nitrogens with two attached hydrogens (primary N) is 1. The molecule has 19 heavy (non-hydrogen) atoms. The van der Waals surface area contributed by atoms with Gasteiger partial charge in [-0.2, -0.15) is 0 Å². The Morgan fingerprint density at radius 3 is 2.53 bits per heavy atom. The van der Waals surface area contributed by atoms with Crippen LogP contribution in [0.2, 0.25) is 0 Å². The van der Waals surface area contributed by atoms with Gasteiger partial charge in [-0.05, 0) is 80.5 Å². The molecular formula is C17H26N2. The van der Waals surface area contributed by atoms with E-state index in [4.69, 9.17) is 5.73 Å². The van der Waals surface area contributed by atoms with Crippen LogP contribution in [-0.2, 0) is 12.8 Å². The molecule has 1 aromatic rings. The molecule has 0 heterocycles. The van der Waals surface area contributed by atoms with Crippen LogP contribution in [0.15, 0.2) is 18.2 Å². The van der Waals surface area contributed by atoms with Crippen molar-refractivity contribution in [1.82, 2.24) is 0 Å². The van der Waals surface area contributed by atoms with E-state index < -0.39 is 0 Å². The van der Waals surface area contributed by atoms with Crippen LogP contribution in [0.3, 0.4) is 0 Å². The number of hydrogen-bond donors (Lipinski definition) is 2. The second kappa shape index (κ2) is 5.96. The predicted molar refractivity (Wildman–Crippen MR) is 81.5 cm³/mol. The third-order valence-corrected chi connectivity index (χ3v) is 4.83. The van der Waals surface area contributed by atoms with Crippen molar-refractivity contribution in [2.75, 3.05) is 11.9 Å². The standard InChI is InChI=1S/C17H26N2/c18-16-8-5-13(6-9-16)12-19-17-10-7-14-3-1-2-4-15(14)11-17/h7,10-11,13,16,19H,1-6,8-9,12,18H2/t13-,16-. The minimum Gasteiger partial charge on any atom is -0.385 e. The Kier molecular flexibility index (Phi) is 4.07. The Morgan fingerprint density at radius 1 is 1.00 bits per heavy atom. The topological polar surface area (TPSA) is 38.0 Å². The van der Waals surface area contributed by atoms with Crippen LogP contribution in [0, 0.1) is 5.92 Å². The first-order valence-corrected chi connectivity index (χ1v) is 7.92. The van der Waals surface area contributed by atoms with E-state index in [1.165, 1.54) is 57.1 Å². The highest BCUT2D eigenvalue weighted by atomic mass is 14.9. The summed E-state index contributed by atoms with van der Waals surface area (Å²) in [4.78, 5) is 0. The monoisotopic (exact) mass is 258 g/mol. The van der Waals surface area contributed by atoms with Crippen molar-refractivity contribution in [3.63, 3.8) is 0 Å². The molecule has 104 valence electrons. The molecule has 0 aromatic heterocycles. The number of benzene rings is 1. The number of aryl methyl sites for hydroxylation is 2. The summed E-state index contributed by atoms with van der Waals surface area (Å²) in [6, 6.07) is 7.43. The average molecular weight is 258 g/mol. The second-order valence-electron chi connectivity index (χ2n) is 6.35. The van der Waals surface area contributed by atoms with Crippen molar-refractivity contribution in [2.45, 2.75) is 57.4 Å². The molecule has 2 aliphatic rings. The Balaban J connectivity index is 1.55. The molecule has 0 spiro atoms. The highest BCUT2D eigenvalue weighted by molar-refractivity contribution is 5.49. The Bertz CT molecular complexity index is 419. The van der Waals surface area contributed by atoms with Crippen molar-refractivity contribution < 1.29 is 0 Å². The van der Waals surface area contributed by atoms with Gasteiger partial charge < -0.3 is 11.1 Å². The van der Waals surface area contributed by atoms with Gasteiger partial charge in [0.1, 0.15) is 0 Å². The average Bonchev–Trinajstić information content (AvgIpc) is 2.46. The molecule has 1 aromatic carbocycles. The van der Waals surface area contributed by atoms with Crippen LogP contribution in [0.1, 0.15) is 49.7 Å². The van der Waals surface area contributed by atoms with E-state index in [2.05, 4.69) is 23.5 Å². The van der Waals surface area contributed by atoms with Gasteiger partial charge in [-0.15, -0.1) is 0 Å². The Morgan fingerprint density at radius 2 is 1.74 bits per heavy atom. The summed E-state index contributed by atoms with van der Waals surface area (Å²) in [5.74, 6) is 0.816. The third kappa shape index (κ3) is 3.30. The maximum absolute atomic E-state index is 5.96. The fourth-order valence-electron chi connectivity index (χ4n) is 3.50. The molecule has 0 radical (unpaired) electrons. The van der Waals surface area contributed by atoms with E-state index in [1.54, 1.807) is 11.1 Å². The summed E-state index contributed by atoms with van der Waals surface area (Å²) in [5.41, 5.74) is 10.4. The van der Waals surface area contributed by atoms with Gasteiger partial charge in [0.2, 0.25) is 0 Å². The Hall–Kier alpha value is -1.02. The SMILES string of the molecule is N[C@H]1CC[C@H](CNc2ccc3c(c2)CCCC3)CC1. The minimum absolute atomic E-state index is 0.458. The molecular weight excluding hydrogens is 232 g/mol. The van der Waals surface area contributed by atoms with Gasteiger partial charge in [0.25, 0.3) is 0 Å². The van der Waals surface area contributed by atoms with Crippen LogP contribution in [0.4, 0.5) is 5.69 Å². The predicted octanol–water partition coefficient (Wildman–Crippen LogP) is 3.49. The number of hydrogen-bond acceptors (Lipinski definition) is 2. The van der Waals surface area contributed by atoms with Crippen molar-refractivity contribution in [1.29, 1.82) is 0 Å². The molecule has 1 fully saturated rings. The Labute approximate surface area is 116 Å². The van der Waals surface area contributed by atoms with E-state index in [0.29, 0.717) is 6.04 Å². The van der Waals surface area contributed by atoms with Gasteiger partial charge in [0.05, 0.1) is 0 Å². The van der Waals surface area contributed by atoms with Gasteiger partial charge in [0, 0.05) is 18.3 Å². The lowest BCUT2D eigenvalue weighted by Crippen LogP contribution is -2.29. The van der Waals surface area contributed by atoms with Crippen LogP contribution in [-0.4, -0.2) is 12.6 Å². The van der Waals surface area contributed by atoms with Crippen molar-refractivity contribution >= 4 is 5.69 Å². The van der Waals surface area contributed by atoms with Crippen molar-refractivity contribution in [3.8, 4) is 0 Å². The van der Waals surface area contributed by atoms with Crippen molar-refractivity contribution in [2.24, 2.45) is 11.7 Å². The number of anilines is 1. The smallest absolute Gasteiger partial charge is 0.0343 e. The lowest BCUT2D eigenvalue weighted by Gasteiger charge is -2.26. The normalized spacial score (nSPS) is 26.8. The van der Waals surface area contributed by atoms with Gasteiger partial charge in [0.15, 0.2) is 0 Å². The fourth-order valence-corrected chi connectivity index (χ4v) is 3.50. The minimum atomic E-state index is 0.458. The number of rotatable bonds is 3. The van der Waals surface area contributed by atoms with Crippen LogP contribution in [0.5, 0.6) is 0 Å². The summed E-state index contributed by atoms with van der Waals surface area (Å²) in [6.07, 6.45) is 10.3. The number of nitrogens with one attached hydrogen (secondary N) is 1. The van der Waals surface area contributed by atoms with E-state index >= 15 is 0 Å². The first-order chi connectivity index (χ1) is 9.31. The summed E-state index contributed by atoms with van der Waals surface area (Å²) in [6.45, 7) is 1.12. The molecule has 0 atom stereocenters. The summed E-state index contributed by atoms with van der Waals surface area (Å²) in [5, 5.41) is 3.64. The lowest BCUT2D eigenvalue weighted by atomic mass is 9.86. The molecule has 0 bridgehead atoms. The lowest BCUT2D eigenvalue weighted by molar-refractivity contribution is 0.339. The molecule has 2 heteroatoms. The number of fused-ring (bicyclic) bond motifs is 1. The van der Waals surface area contributed by atoms with Crippen LogP contribution in [0.25, 0.3) is 0 Å². The highest BCUT2D eigenvalue weighted by Gasteiger charge is 2.18. The molecule has 3 N–H and O–H groups in total. The first kappa shape index (κ1) is 13.0. The van der Waals surface area contributed by atoms with E-state index in [9.17, 15) is 0 Å². The van der Waals surface area contributed by atoms with Gasteiger partial charge >= 0.3 is 0 Å². The zero-order valence-electron chi connectivity index (χ0n) is 11.8. The van der Waals surface area contributed by atoms with E-state index in [-0.39, 0.29) is 0 Å². The second-order valence-corrected chi connectivity index (χ2v) is 6.35. The van der Waals surface area contributed by atoms with Gasteiger partial charge in [-0.3, -0.25) is 0 Å². The fraction of sp³-hybridized carbons (Fsp3) is 0.647. The third-order valence-electron chi connectivity index (χ3n) is 4.83. The maximum Gasteiger partial charge on any atom is 0.0343 e. The maximum atomic E-state index is 5.96. The van der Waals surface area contributed by atoms with E-state index in [0.717, 1.165) is 12.5 Å². The van der Waals surface area contributed by atoms with Crippen molar-refractivity contribution in [3.05, 3.63) is 29.3 Å². The molecule has 2 aliphatic carbocycles. The highest BCUT2D eigenvalue weighted by Crippen LogP contribution is 2.26.